The number of ether oxygens (including phenoxy) is 2. The minimum atomic E-state index is -0.649. The largest absolute Gasteiger partial charge is 0.462 e. The fraction of sp³-hybridized carbons (Fsp3) is 0.160. The molecule has 0 bridgehead atoms. The molecule has 0 saturated carbocycles. The van der Waals surface area contributed by atoms with Gasteiger partial charge >= 0.3 is 17.6 Å². The van der Waals surface area contributed by atoms with E-state index in [9.17, 15) is 14.4 Å². The normalized spacial score (nSPS) is 10.9. The maximum Gasteiger partial charge on any atom is 0.344 e. The van der Waals surface area contributed by atoms with Crippen molar-refractivity contribution in [2.75, 3.05) is 13.2 Å². The van der Waals surface area contributed by atoms with Gasteiger partial charge in [-0.25, -0.2) is 14.4 Å². The summed E-state index contributed by atoms with van der Waals surface area (Å²) in [5, 5.41) is 1.08. The molecule has 156 valence electrons. The molecule has 4 aromatic rings. The molecular weight excluding hydrogens is 396 g/mol. The van der Waals surface area contributed by atoms with Crippen molar-refractivity contribution in [1.82, 2.24) is 0 Å². The standard InChI is InChI=1S/C25H20O6/c1-3-29-23(26)17-14-18-21(16-12-8-9-13-19(16)31-24(18)27)22(25(28)30-4-2)20(17)15-10-6-5-7-11-15/h5-14H,3-4H2,1-2H3. The fourth-order valence-corrected chi connectivity index (χ4v) is 3.72. The van der Waals surface area contributed by atoms with Crippen LogP contribution in [0.4, 0.5) is 0 Å². The van der Waals surface area contributed by atoms with Crippen molar-refractivity contribution in [3.63, 3.8) is 0 Å². The molecule has 0 aliphatic heterocycles. The molecule has 0 spiro atoms. The smallest absolute Gasteiger partial charge is 0.344 e. The number of fused-ring (bicyclic) bond motifs is 3. The first-order chi connectivity index (χ1) is 15.1. The van der Waals surface area contributed by atoms with E-state index in [1.54, 1.807) is 62.4 Å². The molecule has 0 saturated heterocycles. The Labute approximate surface area is 178 Å². The predicted molar refractivity (Wildman–Crippen MR) is 117 cm³/mol. The van der Waals surface area contributed by atoms with E-state index in [-0.39, 0.29) is 29.7 Å². The van der Waals surface area contributed by atoms with Crippen molar-refractivity contribution in [1.29, 1.82) is 0 Å². The predicted octanol–water partition coefficient (Wildman–Crippen LogP) is 4.97. The van der Waals surface area contributed by atoms with E-state index in [1.165, 1.54) is 6.07 Å². The molecule has 0 fully saturated rings. The summed E-state index contributed by atoms with van der Waals surface area (Å²) >= 11 is 0. The number of hydrogen-bond donors (Lipinski definition) is 0. The summed E-state index contributed by atoms with van der Waals surface area (Å²) < 4.78 is 16.0. The number of rotatable bonds is 5. The number of benzene rings is 3. The topological polar surface area (TPSA) is 82.8 Å². The van der Waals surface area contributed by atoms with Gasteiger partial charge < -0.3 is 13.9 Å². The van der Waals surface area contributed by atoms with Gasteiger partial charge in [0.25, 0.3) is 0 Å². The monoisotopic (exact) mass is 416 g/mol. The van der Waals surface area contributed by atoms with Gasteiger partial charge in [0.2, 0.25) is 0 Å². The van der Waals surface area contributed by atoms with Gasteiger partial charge in [-0.3, -0.25) is 0 Å². The van der Waals surface area contributed by atoms with Crippen molar-refractivity contribution in [2.45, 2.75) is 13.8 Å². The molecular formula is C25H20O6. The second kappa shape index (κ2) is 8.44. The SMILES string of the molecule is CCOC(=O)c1cc2c(=O)oc3ccccc3c2c(C(=O)OCC)c1-c1ccccc1. The molecule has 1 aromatic heterocycles. The second-order valence-electron chi connectivity index (χ2n) is 6.79. The summed E-state index contributed by atoms with van der Waals surface area (Å²) in [6, 6.07) is 17.4. The van der Waals surface area contributed by atoms with Gasteiger partial charge in [-0.05, 0) is 31.5 Å². The number of carbonyl (C=O) groups is 2. The molecule has 0 N–H and O–H groups in total. The first-order valence-corrected chi connectivity index (χ1v) is 9.99. The van der Waals surface area contributed by atoms with Crippen LogP contribution in [-0.2, 0) is 9.47 Å². The summed E-state index contributed by atoms with van der Waals surface area (Å²) in [5.41, 5.74) is 0.926. The molecule has 0 amide bonds. The van der Waals surface area contributed by atoms with Crippen LogP contribution in [0, 0.1) is 0 Å². The van der Waals surface area contributed by atoms with E-state index in [4.69, 9.17) is 13.9 Å². The minimum absolute atomic E-state index is 0.103. The van der Waals surface area contributed by atoms with E-state index in [0.29, 0.717) is 27.5 Å². The van der Waals surface area contributed by atoms with Crippen LogP contribution in [0.25, 0.3) is 32.9 Å². The molecule has 1 heterocycles. The van der Waals surface area contributed by atoms with E-state index in [2.05, 4.69) is 0 Å². The van der Waals surface area contributed by atoms with E-state index >= 15 is 0 Å². The van der Waals surface area contributed by atoms with Gasteiger partial charge in [0.15, 0.2) is 0 Å². The van der Waals surface area contributed by atoms with Crippen molar-refractivity contribution < 1.29 is 23.5 Å². The lowest BCUT2D eigenvalue weighted by atomic mass is 9.88. The second-order valence-corrected chi connectivity index (χ2v) is 6.79. The molecule has 0 radical (unpaired) electrons. The zero-order valence-electron chi connectivity index (χ0n) is 17.1. The van der Waals surface area contributed by atoms with Gasteiger partial charge in [-0.15, -0.1) is 0 Å². The zero-order valence-corrected chi connectivity index (χ0v) is 17.1. The Hall–Kier alpha value is -3.93. The molecule has 3 aromatic carbocycles. The number of para-hydroxylation sites is 1. The Kier molecular flexibility index (Phi) is 5.54. The van der Waals surface area contributed by atoms with Crippen molar-refractivity contribution in [2.24, 2.45) is 0 Å². The maximum atomic E-state index is 13.2. The quantitative estimate of drug-likeness (QED) is 0.260. The van der Waals surface area contributed by atoms with Crippen LogP contribution in [0.5, 0.6) is 0 Å². The van der Waals surface area contributed by atoms with Gasteiger partial charge in [0.05, 0.1) is 29.7 Å². The number of hydrogen-bond acceptors (Lipinski definition) is 6. The maximum absolute atomic E-state index is 13.2. The average Bonchev–Trinajstić information content (AvgIpc) is 2.79. The number of esters is 2. The first-order valence-electron chi connectivity index (χ1n) is 9.99. The first kappa shape index (κ1) is 20.3. The highest BCUT2D eigenvalue weighted by molar-refractivity contribution is 6.21. The van der Waals surface area contributed by atoms with Gasteiger partial charge in [-0.2, -0.15) is 0 Å². The highest BCUT2D eigenvalue weighted by Crippen LogP contribution is 2.37. The Balaban J connectivity index is 2.27. The van der Waals surface area contributed by atoms with Crippen LogP contribution in [0.2, 0.25) is 0 Å². The third-order valence-corrected chi connectivity index (χ3v) is 4.94. The van der Waals surface area contributed by atoms with E-state index in [1.807, 2.05) is 6.07 Å². The summed E-state index contributed by atoms with van der Waals surface area (Å²) in [6.45, 7) is 3.67. The highest BCUT2D eigenvalue weighted by atomic mass is 16.5. The van der Waals surface area contributed by atoms with Crippen LogP contribution >= 0.6 is 0 Å². The molecule has 4 rings (SSSR count). The van der Waals surface area contributed by atoms with Crippen LogP contribution in [-0.4, -0.2) is 25.2 Å². The van der Waals surface area contributed by atoms with Crippen molar-refractivity contribution in [3.05, 3.63) is 82.2 Å². The molecule has 0 atom stereocenters. The van der Waals surface area contributed by atoms with Gasteiger partial charge in [0.1, 0.15) is 5.58 Å². The zero-order chi connectivity index (χ0) is 22.0. The lowest BCUT2D eigenvalue weighted by molar-refractivity contribution is 0.0527. The lowest BCUT2D eigenvalue weighted by Crippen LogP contribution is -2.15. The Bertz CT molecular complexity index is 1350. The van der Waals surface area contributed by atoms with E-state index in [0.717, 1.165) is 0 Å². The molecule has 6 heteroatoms. The summed E-state index contributed by atoms with van der Waals surface area (Å²) in [7, 11) is 0. The summed E-state index contributed by atoms with van der Waals surface area (Å²) in [5.74, 6) is -1.27. The third kappa shape index (κ3) is 3.57. The van der Waals surface area contributed by atoms with E-state index < -0.39 is 17.6 Å². The lowest BCUT2D eigenvalue weighted by Gasteiger charge is -2.17. The summed E-state index contributed by atoms with van der Waals surface area (Å²) in [6.07, 6.45) is 0. The third-order valence-electron chi connectivity index (χ3n) is 4.94. The molecule has 0 unspecified atom stereocenters. The Morgan fingerprint density at radius 1 is 0.839 bits per heavy atom. The van der Waals surface area contributed by atoms with Crippen LogP contribution in [0.3, 0.4) is 0 Å². The fourth-order valence-electron chi connectivity index (χ4n) is 3.72. The number of carbonyl (C=O) groups excluding carboxylic acids is 2. The van der Waals surface area contributed by atoms with Crippen LogP contribution < -0.4 is 5.63 Å². The average molecular weight is 416 g/mol. The Morgan fingerprint density at radius 3 is 2.19 bits per heavy atom. The molecule has 0 aliphatic rings. The van der Waals surface area contributed by atoms with Crippen molar-refractivity contribution in [3.8, 4) is 11.1 Å². The van der Waals surface area contributed by atoms with Crippen molar-refractivity contribution >= 4 is 33.7 Å². The molecule has 31 heavy (non-hydrogen) atoms. The van der Waals surface area contributed by atoms with Crippen LogP contribution in [0.15, 0.2) is 69.9 Å². The summed E-state index contributed by atoms with van der Waals surface area (Å²) in [4.78, 5) is 39.0. The van der Waals surface area contributed by atoms with Crippen LogP contribution in [0.1, 0.15) is 34.6 Å². The van der Waals surface area contributed by atoms with Gasteiger partial charge in [-0.1, -0.05) is 48.5 Å². The minimum Gasteiger partial charge on any atom is -0.462 e. The van der Waals surface area contributed by atoms with Gasteiger partial charge in [0, 0.05) is 16.3 Å². The molecule has 0 aliphatic carbocycles. The highest BCUT2D eigenvalue weighted by Gasteiger charge is 2.28. The Morgan fingerprint density at radius 2 is 1.48 bits per heavy atom. The molecule has 6 nitrogen and oxygen atoms in total.